The Bertz CT molecular complexity index is 581. The van der Waals surface area contributed by atoms with E-state index in [0.717, 1.165) is 12.8 Å². The molecular weight excluding hydrogens is 319 g/mol. The van der Waals surface area contributed by atoms with Gasteiger partial charge in [0.05, 0.1) is 10.6 Å². The molecule has 1 saturated heterocycles. The van der Waals surface area contributed by atoms with Crippen LogP contribution in [-0.4, -0.2) is 46.2 Å². The van der Waals surface area contributed by atoms with Gasteiger partial charge < -0.3 is 9.64 Å². The molecule has 0 bridgehead atoms. The third-order valence-electron chi connectivity index (χ3n) is 3.36. The number of halogens is 1. The van der Waals surface area contributed by atoms with Crippen molar-refractivity contribution < 1.29 is 18.7 Å². The van der Waals surface area contributed by atoms with Gasteiger partial charge in [0.25, 0.3) is 0 Å². The van der Waals surface area contributed by atoms with E-state index in [9.17, 15) is 14.0 Å². The lowest BCUT2D eigenvalue weighted by atomic mass is 10.1. The molecule has 0 unspecified atom stereocenters. The number of hydrogen-bond acceptors (Lipinski definition) is 5. The van der Waals surface area contributed by atoms with Crippen LogP contribution in [0.4, 0.5) is 9.18 Å². The fraction of sp³-hybridized carbons (Fsp3) is 0.562. The number of hydrogen-bond donors (Lipinski definition) is 0. The molecule has 0 aliphatic carbocycles. The van der Waals surface area contributed by atoms with Gasteiger partial charge in [-0.3, -0.25) is 4.79 Å². The minimum Gasteiger partial charge on any atom is -0.444 e. The largest absolute Gasteiger partial charge is 0.444 e. The monoisotopic (exact) mass is 340 g/mol. The number of aromatic nitrogens is 1. The Morgan fingerprint density at radius 3 is 2.57 bits per heavy atom. The molecule has 2 rings (SSSR count). The van der Waals surface area contributed by atoms with Crippen LogP contribution >= 0.6 is 11.8 Å². The highest BCUT2D eigenvalue weighted by molar-refractivity contribution is 7.99. The number of ether oxygens (including phenoxy) is 1. The van der Waals surface area contributed by atoms with E-state index in [4.69, 9.17) is 4.74 Å². The molecule has 0 N–H and O–H groups in total. The van der Waals surface area contributed by atoms with Gasteiger partial charge in [0, 0.05) is 18.3 Å². The fourth-order valence-corrected chi connectivity index (χ4v) is 3.30. The zero-order valence-electron chi connectivity index (χ0n) is 13.5. The summed E-state index contributed by atoms with van der Waals surface area (Å²) in [6.07, 6.45) is 1.75. The van der Waals surface area contributed by atoms with Crippen molar-refractivity contribution in [3.05, 3.63) is 23.6 Å². The highest BCUT2D eigenvalue weighted by Crippen LogP contribution is 2.30. The van der Waals surface area contributed by atoms with E-state index >= 15 is 0 Å². The van der Waals surface area contributed by atoms with Crippen molar-refractivity contribution >= 4 is 24.1 Å². The van der Waals surface area contributed by atoms with Crippen LogP contribution in [0.2, 0.25) is 0 Å². The van der Waals surface area contributed by atoms with Gasteiger partial charge in [-0.15, -0.1) is 11.8 Å². The number of nitrogens with zero attached hydrogens (tertiary/aromatic N) is 2. The summed E-state index contributed by atoms with van der Waals surface area (Å²) >= 11 is 1.48. The first-order valence-corrected chi connectivity index (χ1v) is 8.43. The average molecular weight is 340 g/mol. The van der Waals surface area contributed by atoms with Crippen molar-refractivity contribution in [2.45, 2.75) is 49.5 Å². The SMILES string of the molecule is CC(C)(C)OC(=O)N1CCC(Sc2ccc(C=O)c(F)n2)CC1. The zero-order chi connectivity index (χ0) is 17.0. The summed E-state index contributed by atoms with van der Waals surface area (Å²) < 4.78 is 18.9. The van der Waals surface area contributed by atoms with E-state index in [1.807, 2.05) is 20.8 Å². The number of piperidine rings is 1. The van der Waals surface area contributed by atoms with Crippen molar-refractivity contribution in [1.82, 2.24) is 9.88 Å². The molecule has 1 aromatic rings. The maximum absolute atomic E-state index is 13.5. The second-order valence-electron chi connectivity index (χ2n) is 6.43. The fourth-order valence-electron chi connectivity index (χ4n) is 2.24. The van der Waals surface area contributed by atoms with E-state index in [0.29, 0.717) is 24.4 Å². The molecule has 1 aliphatic rings. The maximum Gasteiger partial charge on any atom is 0.410 e. The van der Waals surface area contributed by atoms with Crippen LogP contribution in [0.15, 0.2) is 17.2 Å². The number of rotatable bonds is 3. The summed E-state index contributed by atoms with van der Waals surface area (Å²) in [6, 6.07) is 3.09. The van der Waals surface area contributed by atoms with E-state index in [2.05, 4.69) is 4.98 Å². The predicted molar refractivity (Wildman–Crippen MR) is 86.3 cm³/mol. The molecule has 126 valence electrons. The molecule has 1 amide bonds. The van der Waals surface area contributed by atoms with Crippen LogP contribution in [0.25, 0.3) is 0 Å². The van der Waals surface area contributed by atoms with E-state index in [1.165, 1.54) is 17.8 Å². The molecule has 1 aromatic heterocycles. The number of carbonyl (C=O) groups excluding carboxylic acids is 2. The number of aldehydes is 1. The van der Waals surface area contributed by atoms with Crippen molar-refractivity contribution in [3.63, 3.8) is 0 Å². The zero-order valence-corrected chi connectivity index (χ0v) is 14.4. The van der Waals surface area contributed by atoms with Gasteiger partial charge in [0.1, 0.15) is 5.60 Å². The van der Waals surface area contributed by atoms with Gasteiger partial charge in [-0.25, -0.2) is 9.78 Å². The Balaban J connectivity index is 1.86. The molecule has 5 nitrogen and oxygen atoms in total. The molecule has 0 aromatic carbocycles. The Morgan fingerprint density at radius 1 is 1.39 bits per heavy atom. The molecule has 0 spiro atoms. The van der Waals surface area contributed by atoms with Crippen LogP contribution in [0, 0.1) is 5.95 Å². The lowest BCUT2D eigenvalue weighted by Crippen LogP contribution is -2.42. The summed E-state index contributed by atoms with van der Waals surface area (Å²) in [5.74, 6) is -0.740. The number of pyridine rings is 1. The Labute approximate surface area is 139 Å². The van der Waals surface area contributed by atoms with Gasteiger partial charge in [0.15, 0.2) is 6.29 Å². The van der Waals surface area contributed by atoms with Crippen LogP contribution in [0.5, 0.6) is 0 Å². The topological polar surface area (TPSA) is 59.5 Å². The number of likely N-dealkylation sites (tertiary alicyclic amines) is 1. The van der Waals surface area contributed by atoms with Crippen LogP contribution < -0.4 is 0 Å². The van der Waals surface area contributed by atoms with Gasteiger partial charge in [-0.1, -0.05) is 0 Å². The van der Waals surface area contributed by atoms with Crippen molar-refractivity contribution in [3.8, 4) is 0 Å². The summed E-state index contributed by atoms with van der Waals surface area (Å²) in [6.45, 7) is 6.76. The molecular formula is C16H21FN2O3S. The van der Waals surface area contributed by atoms with Gasteiger partial charge >= 0.3 is 6.09 Å². The first-order valence-electron chi connectivity index (χ1n) is 7.55. The number of amides is 1. The molecule has 0 atom stereocenters. The van der Waals surface area contributed by atoms with Crippen molar-refractivity contribution in [1.29, 1.82) is 0 Å². The summed E-state index contributed by atoms with van der Waals surface area (Å²) in [4.78, 5) is 28.1. The first-order chi connectivity index (χ1) is 10.8. The smallest absolute Gasteiger partial charge is 0.410 e. The van der Waals surface area contributed by atoms with Crippen molar-refractivity contribution in [2.75, 3.05) is 13.1 Å². The summed E-state index contributed by atoms with van der Waals surface area (Å²) in [5, 5.41) is 0.825. The molecule has 23 heavy (non-hydrogen) atoms. The highest BCUT2D eigenvalue weighted by Gasteiger charge is 2.27. The Kier molecular flexibility index (Phi) is 5.62. The minimum absolute atomic E-state index is 0.0332. The molecule has 0 saturated carbocycles. The lowest BCUT2D eigenvalue weighted by molar-refractivity contribution is 0.0219. The average Bonchev–Trinajstić information content (AvgIpc) is 2.46. The number of carbonyl (C=O) groups is 2. The summed E-state index contributed by atoms with van der Waals surface area (Å²) in [5.41, 5.74) is -0.529. The second kappa shape index (κ2) is 7.29. The van der Waals surface area contributed by atoms with Crippen molar-refractivity contribution in [2.24, 2.45) is 0 Å². The molecule has 1 aliphatic heterocycles. The molecule has 1 fully saturated rings. The Hall–Kier alpha value is -1.63. The van der Waals surface area contributed by atoms with Gasteiger partial charge in [0.2, 0.25) is 5.95 Å². The lowest BCUT2D eigenvalue weighted by Gasteiger charge is -2.33. The highest BCUT2D eigenvalue weighted by atomic mass is 32.2. The molecule has 7 heteroatoms. The second-order valence-corrected chi connectivity index (χ2v) is 7.75. The third kappa shape index (κ3) is 5.20. The first kappa shape index (κ1) is 17.7. The van der Waals surface area contributed by atoms with Gasteiger partial charge in [-0.2, -0.15) is 4.39 Å². The number of thioether (sulfide) groups is 1. The normalized spacial score (nSPS) is 16.3. The third-order valence-corrected chi connectivity index (χ3v) is 4.63. The van der Waals surface area contributed by atoms with E-state index < -0.39 is 11.5 Å². The van der Waals surface area contributed by atoms with Gasteiger partial charge in [-0.05, 0) is 45.7 Å². The Morgan fingerprint density at radius 2 is 2.04 bits per heavy atom. The summed E-state index contributed by atoms with van der Waals surface area (Å²) in [7, 11) is 0. The standard InChI is InChI=1S/C16H21FN2O3S/c1-16(2,3)22-15(21)19-8-6-12(7-9-19)23-13-5-4-11(10-20)14(17)18-13/h4-5,10,12H,6-9H2,1-3H3. The minimum atomic E-state index is -0.740. The quantitative estimate of drug-likeness (QED) is 0.622. The predicted octanol–water partition coefficient (Wildman–Crippen LogP) is 3.52. The van der Waals surface area contributed by atoms with E-state index in [-0.39, 0.29) is 16.9 Å². The van der Waals surface area contributed by atoms with Crippen LogP contribution in [0.1, 0.15) is 44.0 Å². The van der Waals surface area contributed by atoms with E-state index in [1.54, 1.807) is 11.0 Å². The van der Waals surface area contributed by atoms with Crippen LogP contribution in [-0.2, 0) is 4.74 Å². The molecule has 2 heterocycles. The maximum atomic E-state index is 13.5. The van der Waals surface area contributed by atoms with Crippen LogP contribution in [0.3, 0.4) is 0 Å². The molecule has 0 radical (unpaired) electrons.